The van der Waals surface area contributed by atoms with E-state index < -0.39 is 0 Å². The van der Waals surface area contributed by atoms with E-state index in [-0.39, 0.29) is 43.3 Å². The van der Waals surface area contributed by atoms with Gasteiger partial charge in [0.15, 0.2) is 0 Å². The quantitative estimate of drug-likeness (QED) is 0.165. The van der Waals surface area contributed by atoms with Crippen molar-refractivity contribution in [3.05, 3.63) is 190 Å². The summed E-state index contributed by atoms with van der Waals surface area (Å²) in [4.78, 5) is 0. The smallest absolute Gasteiger partial charge is 0.000740 e. The number of fused-ring (bicyclic) bond motifs is 8. The molecule has 446 valence electrons. The summed E-state index contributed by atoms with van der Waals surface area (Å²) in [5.74, 6) is 0. The number of hydrogen-bond acceptors (Lipinski definition) is 0. The van der Waals surface area contributed by atoms with Gasteiger partial charge < -0.3 is 0 Å². The van der Waals surface area contributed by atoms with Gasteiger partial charge in [0, 0.05) is 0 Å². The van der Waals surface area contributed by atoms with E-state index in [1.165, 1.54) is 171 Å². The molecule has 0 radical (unpaired) electrons. The summed E-state index contributed by atoms with van der Waals surface area (Å²) in [6, 6.07) is 57.4. The van der Waals surface area contributed by atoms with Gasteiger partial charge in [0.1, 0.15) is 0 Å². The lowest BCUT2D eigenvalue weighted by atomic mass is 9.75. The Morgan fingerprint density at radius 1 is 0.195 bits per heavy atom. The third kappa shape index (κ3) is 10.1. The average molecular weight is 1140 g/mol. The highest BCUT2D eigenvalue weighted by atomic mass is 14.4. The van der Waals surface area contributed by atoms with Crippen LogP contribution >= 0.6 is 0 Å². The van der Waals surface area contributed by atoms with Crippen molar-refractivity contribution in [2.45, 2.75) is 216 Å². The van der Waals surface area contributed by atoms with Crippen LogP contribution in [0.15, 0.2) is 140 Å². The summed E-state index contributed by atoms with van der Waals surface area (Å²) < 4.78 is 0. The molecule has 0 atom stereocenters. The standard InChI is InChI=1S/C87H98/c1-49-30-31-64-69(36-49)73(53-43-60(86(20,21)22)48-61(44-53)87(23,24)25)79-68-35-34-66-74-65(32-33-67(75(68)74)78(79)72(64)52-41-58(84(14,15)16)47-59(42-52)85(17,18)19)76-70(50-37-54(80(2,3)4)45-55(38-50)81(5,6)7)62-28-26-27-29-63(62)71(77(66)76)51-39-56(82(8,9)10)46-57(40-51)83(11,12)13/h26-48H,1-25H3. The van der Waals surface area contributed by atoms with Crippen molar-refractivity contribution in [1.82, 2.24) is 0 Å². The molecule has 12 rings (SSSR count). The zero-order chi connectivity index (χ0) is 63.2. The summed E-state index contributed by atoms with van der Waals surface area (Å²) >= 11 is 0. The highest BCUT2D eigenvalue weighted by Gasteiger charge is 2.39. The Labute approximate surface area is 524 Å². The van der Waals surface area contributed by atoms with Crippen LogP contribution in [0.25, 0.3) is 121 Å². The van der Waals surface area contributed by atoms with Crippen molar-refractivity contribution in [3.63, 3.8) is 0 Å². The van der Waals surface area contributed by atoms with Crippen molar-refractivity contribution in [2.75, 3.05) is 0 Å². The van der Waals surface area contributed by atoms with Gasteiger partial charge in [0.2, 0.25) is 0 Å². The molecule has 2 aliphatic rings. The molecule has 0 aliphatic heterocycles. The lowest BCUT2D eigenvalue weighted by molar-refractivity contribution is 0.568. The lowest BCUT2D eigenvalue weighted by Crippen LogP contribution is -2.17. The molecule has 0 unspecified atom stereocenters. The van der Waals surface area contributed by atoms with Gasteiger partial charge in [0.25, 0.3) is 0 Å². The fourth-order valence-corrected chi connectivity index (χ4v) is 14.2. The molecular formula is C87H98. The molecule has 87 heavy (non-hydrogen) atoms. The summed E-state index contributed by atoms with van der Waals surface area (Å²) in [7, 11) is 0. The largest absolute Gasteiger partial charge is 0.0616 e. The monoisotopic (exact) mass is 1140 g/mol. The SMILES string of the molecule is Cc1ccc2c(-c3cc(C(C)(C)C)cc(C(C)(C)C)c3)c3c(c(-c4cc(C(C)(C)C)cc(C(C)(C)C)c4)c2c1)-c1ccc2c4c(ccc-3c14)-c1c-2c(-c2cc(C(C)(C)C)cc(C(C)(C)C)c2)c2ccccc2c1-c1cc(C(C)(C)C)cc(C(C)(C)C)c1. The third-order valence-corrected chi connectivity index (χ3v) is 19.7. The number of rotatable bonds is 4. The minimum atomic E-state index is -0.0715. The first kappa shape index (κ1) is 60.3. The van der Waals surface area contributed by atoms with E-state index >= 15 is 0 Å². The zero-order valence-corrected chi connectivity index (χ0v) is 57.8. The average Bonchev–Trinajstić information content (AvgIpc) is 1.54. The van der Waals surface area contributed by atoms with Gasteiger partial charge >= 0.3 is 0 Å². The Kier molecular flexibility index (Phi) is 13.5. The molecular weight excluding hydrogens is 1040 g/mol. The first-order valence-corrected chi connectivity index (χ1v) is 32.6. The maximum Gasteiger partial charge on any atom is -0.000740 e. The van der Waals surface area contributed by atoms with Crippen molar-refractivity contribution in [3.8, 4) is 89.0 Å². The summed E-state index contributed by atoms with van der Waals surface area (Å²) in [5, 5.41) is 7.96. The van der Waals surface area contributed by atoms with E-state index in [0.717, 1.165) is 0 Å². The van der Waals surface area contributed by atoms with Gasteiger partial charge in [-0.15, -0.1) is 0 Å². The lowest BCUT2D eigenvalue weighted by Gasteiger charge is -2.29. The Morgan fingerprint density at radius 3 is 0.621 bits per heavy atom. The van der Waals surface area contributed by atoms with Gasteiger partial charge in [-0.25, -0.2) is 0 Å². The number of hydrogen-bond donors (Lipinski definition) is 0. The molecule has 10 aromatic rings. The highest BCUT2D eigenvalue weighted by molar-refractivity contribution is 6.35. The van der Waals surface area contributed by atoms with Crippen molar-refractivity contribution in [2.24, 2.45) is 0 Å². The normalized spacial score (nSPS) is 13.8. The first-order valence-electron chi connectivity index (χ1n) is 32.6. The minimum Gasteiger partial charge on any atom is -0.0616 e. The van der Waals surface area contributed by atoms with Crippen molar-refractivity contribution < 1.29 is 0 Å². The molecule has 0 spiro atoms. The second kappa shape index (κ2) is 19.5. The summed E-state index contributed by atoms with van der Waals surface area (Å²) in [5.41, 5.74) is 32.9. The fraction of sp³-hybridized carbons (Fsp3) is 0.379. The maximum atomic E-state index is 2.56. The van der Waals surface area contributed by atoms with Crippen molar-refractivity contribution >= 4 is 32.3 Å². The van der Waals surface area contributed by atoms with E-state index in [0.29, 0.717) is 0 Å². The molecule has 0 nitrogen and oxygen atoms in total. The summed E-state index contributed by atoms with van der Waals surface area (Å²) in [6.45, 7) is 59.5. The van der Waals surface area contributed by atoms with Gasteiger partial charge in [0.05, 0.1) is 0 Å². The van der Waals surface area contributed by atoms with Crippen LogP contribution in [0, 0.1) is 6.92 Å². The predicted molar refractivity (Wildman–Crippen MR) is 384 cm³/mol. The second-order valence-electron chi connectivity index (χ2n) is 34.9. The van der Waals surface area contributed by atoms with Crippen molar-refractivity contribution in [1.29, 1.82) is 0 Å². The van der Waals surface area contributed by atoms with Crippen LogP contribution in [0.4, 0.5) is 0 Å². The van der Waals surface area contributed by atoms with Gasteiger partial charge in [-0.05, 0) is 216 Å². The highest BCUT2D eigenvalue weighted by Crippen LogP contribution is 2.65. The van der Waals surface area contributed by atoms with E-state index in [4.69, 9.17) is 0 Å². The van der Waals surface area contributed by atoms with E-state index in [9.17, 15) is 0 Å². The van der Waals surface area contributed by atoms with Crippen LogP contribution in [0.3, 0.4) is 0 Å². The number of aryl methyl sites for hydroxylation is 1. The molecule has 0 amide bonds. The Balaban J connectivity index is 1.31. The Morgan fingerprint density at radius 2 is 0.402 bits per heavy atom. The van der Waals surface area contributed by atoms with Crippen LogP contribution in [-0.2, 0) is 43.3 Å². The molecule has 0 heterocycles. The molecule has 0 saturated heterocycles. The Hall–Kier alpha value is -7.02. The predicted octanol–water partition coefficient (Wildman–Crippen LogP) is 25.8. The van der Waals surface area contributed by atoms with Crippen LogP contribution in [-0.4, -0.2) is 0 Å². The number of benzene rings is 10. The molecule has 0 heteroatoms. The molecule has 0 N–H and O–H groups in total. The molecule has 0 bridgehead atoms. The van der Waals surface area contributed by atoms with Crippen LogP contribution in [0.2, 0.25) is 0 Å². The van der Waals surface area contributed by atoms with E-state index in [1.54, 1.807) is 0 Å². The summed E-state index contributed by atoms with van der Waals surface area (Å²) in [6.07, 6.45) is 0. The third-order valence-electron chi connectivity index (χ3n) is 19.7. The van der Waals surface area contributed by atoms with Crippen LogP contribution in [0.5, 0.6) is 0 Å². The van der Waals surface area contributed by atoms with Crippen LogP contribution < -0.4 is 0 Å². The Bertz CT molecular complexity index is 4280. The topological polar surface area (TPSA) is 0 Å². The molecule has 0 saturated carbocycles. The van der Waals surface area contributed by atoms with Gasteiger partial charge in [-0.2, -0.15) is 0 Å². The minimum absolute atomic E-state index is 0.0689. The second-order valence-corrected chi connectivity index (χ2v) is 34.9. The first-order chi connectivity index (χ1) is 40.1. The zero-order valence-electron chi connectivity index (χ0n) is 57.8. The molecule has 2 aliphatic carbocycles. The van der Waals surface area contributed by atoms with E-state index in [2.05, 4.69) is 313 Å². The maximum absolute atomic E-state index is 2.56. The van der Waals surface area contributed by atoms with Gasteiger partial charge in [-0.1, -0.05) is 311 Å². The van der Waals surface area contributed by atoms with Gasteiger partial charge in [-0.3, -0.25) is 0 Å². The fourth-order valence-electron chi connectivity index (χ4n) is 14.2. The molecule has 0 aromatic heterocycles. The van der Waals surface area contributed by atoms with Crippen LogP contribution in [0.1, 0.15) is 216 Å². The molecule has 0 fully saturated rings. The molecule has 10 aromatic carbocycles. The van der Waals surface area contributed by atoms with E-state index in [1.807, 2.05) is 0 Å².